The SMILES string of the molecule is CCCCCCCCCCCCCCC(=O)OCC(COP(=O)(O)OCCNC(=O)CCOC(C)=O)OC(=O)CCCCCCCCCCCCCC. The van der Waals surface area contributed by atoms with E-state index in [0.29, 0.717) is 12.8 Å². The number of phosphoric acid groups is 1. The molecule has 2 unspecified atom stereocenters. The molecule has 0 fully saturated rings. The molecule has 1 amide bonds. The van der Waals surface area contributed by atoms with Gasteiger partial charge in [0.25, 0.3) is 0 Å². The first-order valence-corrected chi connectivity index (χ1v) is 22.5. The number of ether oxygens (including phenoxy) is 3. The predicted octanol–water partition coefficient (Wildman–Crippen LogP) is 9.83. The summed E-state index contributed by atoms with van der Waals surface area (Å²) in [5.74, 6) is -1.84. The molecule has 53 heavy (non-hydrogen) atoms. The number of hydrogen-bond acceptors (Lipinski definition) is 10. The lowest BCUT2D eigenvalue weighted by atomic mass is 10.0. The molecule has 0 saturated heterocycles. The second-order valence-electron chi connectivity index (χ2n) is 14.1. The summed E-state index contributed by atoms with van der Waals surface area (Å²) < 4.78 is 38.0. The Balaban J connectivity index is 4.53. The Morgan fingerprint density at radius 1 is 0.547 bits per heavy atom. The molecule has 312 valence electrons. The number of rotatable bonds is 39. The average molecular weight is 778 g/mol. The first-order valence-electron chi connectivity index (χ1n) is 21.0. The van der Waals surface area contributed by atoms with Crippen LogP contribution in [0.2, 0.25) is 0 Å². The van der Waals surface area contributed by atoms with Crippen LogP contribution in [-0.2, 0) is 47.0 Å². The maximum Gasteiger partial charge on any atom is 0.472 e. The molecule has 13 heteroatoms. The Bertz CT molecular complexity index is 965. The third kappa shape index (κ3) is 38.1. The Hall–Kier alpha value is -2.01. The topological polar surface area (TPSA) is 164 Å². The molecule has 0 heterocycles. The number of esters is 3. The number of phosphoric ester groups is 1. The van der Waals surface area contributed by atoms with E-state index in [1.807, 2.05) is 0 Å². The first kappa shape index (κ1) is 51.0. The van der Waals surface area contributed by atoms with Crippen molar-refractivity contribution < 1.29 is 51.9 Å². The van der Waals surface area contributed by atoms with E-state index in [9.17, 15) is 28.6 Å². The number of amides is 1. The number of unbranched alkanes of at least 4 members (excludes halogenated alkanes) is 22. The summed E-state index contributed by atoms with van der Waals surface area (Å²) in [6, 6.07) is 0. The summed E-state index contributed by atoms with van der Waals surface area (Å²) in [4.78, 5) is 57.8. The van der Waals surface area contributed by atoms with Crippen molar-refractivity contribution in [3.63, 3.8) is 0 Å². The van der Waals surface area contributed by atoms with Crippen LogP contribution in [-0.4, -0.2) is 67.8 Å². The Morgan fingerprint density at radius 3 is 1.43 bits per heavy atom. The Labute approximate surface area is 321 Å². The minimum Gasteiger partial charge on any atom is -0.465 e. The van der Waals surface area contributed by atoms with Gasteiger partial charge in [0.2, 0.25) is 5.91 Å². The fraction of sp³-hybridized carbons (Fsp3) is 0.900. The lowest BCUT2D eigenvalue weighted by molar-refractivity contribution is -0.161. The third-order valence-corrected chi connectivity index (χ3v) is 9.92. The summed E-state index contributed by atoms with van der Waals surface area (Å²) in [5, 5.41) is 2.48. The Morgan fingerprint density at radius 2 is 0.981 bits per heavy atom. The van der Waals surface area contributed by atoms with Gasteiger partial charge in [-0.05, 0) is 12.8 Å². The van der Waals surface area contributed by atoms with E-state index in [0.717, 1.165) is 38.5 Å². The van der Waals surface area contributed by atoms with E-state index in [2.05, 4.69) is 19.2 Å². The lowest BCUT2D eigenvalue weighted by Gasteiger charge is -2.20. The average Bonchev–Trinajstić information content (AvgIpc) is 3.12. The molecule has 0 aliphatic heterocycles. The largest absolute Gasteiger partial charge is 0.472 e. The van der Waals surface area contributed by atoms with Crippen LogP contribution in [0.4, 0.5) is 0 Å². The van der Waals surface area contributed by atoms with Gasteiger partial charge in [0.15, 0.2) is 6.10 Å². The van der Waals surface area contributed by atoms with Crippen molar-refractivity contribution in [3.8, 4) is 0 Å². The molecule has 0 rings (SSSR count). The fourth-order valence-electron chi connectivity index (χ4n) is 5.78. The molecule has 2 atom stereocenters. The van der Waals surface area contributed by atoms with E-state index in [-0.39, 0.29) is 45.6 Å². The molecule has 0 bridgehead atoms. The maximum atomic E-state index is 12.6. The van der Waals surface area contributed by atoms with Crippen molar-refractivity contribution in [2.24, 2.45) is 0 Å². The molecule has 0 aromatic heterocycles. The molecule has 2 N–H and O–H groups in total. The van der Waals surface area contributed by atoms with E-state index >= 15 is 0 Å². The smallest absolute Gasteiger partial charge is 0.465 e. The van der Waals surface area contributed by atoms with Crippen LogP contribution < -0.4 is 5.32 Å². The highest BCUT2D eigenvalue weighted by atomic mass is 31.2. The van der Waals surface area contributed by atoms with Gasteiger partial charge in [-0.1, -0.05) is 155 Å². The molecule has 0 aliphatic carbocycles. The Kier molecular flexibility index (Phi) is 35.5. The number of hydrogen-bond donors (Lipinski definition) is 2. The van der Waals surface area contributed by atoms with Crippen molar-refractivity contribution in [1.82, 2.24) is 5.32 Å². The second kappa shape index (κ2) is 36.9. The van der Waals surface area contributed by atoms with Gasteiger partial charge in [-0.15, -0.1) is 0 Å². The minimum absolute atomic E-state index is 0.0583. The van der Waals surface area contributed by atoms with Crippen molar-refractivity contribution in [1.29, 1.82) is 0 Å². The highest BCUT2D eigenvalue weighted by Crippen LogP contribution is 2.43. The highest BCUT2D eigenvalue weighted by molar-refractivity contribution is 7.47. The quantitative estimate of drug-likeness (QED) is 0.0264. The molecule has 0 aliphatic rings. The van der Waals surface area contributed by atoms with Gasteiger partial charge in [-0.3, -0.25) is 28.2 Å². The van der Waals surface area contributed by atoms with Crippen LogP contribution >= 0.6 is 7.82 Å². The summed E-state index contributed by atoms with van der Waals surface area (Å²) in [7, 11) is -4.58. The number of carbonyl (C=O) groups is 4. The summed E-state index contributed by atoms with van der Waals surface area (Å²) in [5.41, 5.74) is 0. The number of carbonyl (C=O) groups excluding carboxylic acids is 4. The molecular weight excluding hydrogens is 701 g/mol. The standard InChI is InChI=1S/C40H76NO11P/c1-4-6-8-10-12-14-16-18-20-22-24-26-28-39(44)49-34-37(35-51-53(46,47)50-33-31-41-38(43)30-32-48-36(3)42)52-40(45)29-27-25-23-21-19-17-15-13-11-9-7-5-2/h37H,4-35H2,1-3H3,(H,41,43)(H,46,47). The van der Waals surface area contributed by atoms with Gasteiger partial charge in [0.05, 0.1) is 19.6 Å². The zero-order valence-electron chi connectivity index (χ0n) is 33.7. The first-order chi connectivity index (χ1) is 25.6. The van der Waals surface area contributed by atoms with Crippen LogP contribution in [0.3, 0.4) is 0 Å². The van der Waals surface area contributed by atoms with Gasteiger partial charge in [0.1, 0.15) is 13.2 Å². The van der Waals surface area contributed by atoms with E-state index < -0.39 is 44.3 Å². The maximum absolute atomic E-state index is 12.6. The van der Waals surface area contributed by atoms with Gasteiger partial charge in [0, 0.05) is 26.3 Å². The van der Waals surface area contributed by atoms with Crippen LogP contribution in [0.5, 0.6) is 0 Å². The molecule has 12 nitrogen and oxygen atoms in total. The second-order valence-corrected chi connectivity index (χ2v) is 15.6. The summed E-state index contributed by atoms with van der Waals surface area (Å²) in [6.07, 6.45) is 27.5. The van der Waals surface area contributed by atoms with Gasteiger partial charge in [-0.25, -0.2) is 4.57 Å². The minimum atomic E-state index is -4.58. The fourth-order valence-corrected chi connectivity index (χ4v) is 6.53. The number of nitrogens with one attached hydrogen (secondary N) is 1. The highest BCUT2D eigenvalue weighted by Gasteiger charge is 2.26. The molecule has 0 radical (unpaired) electrons. The molecule has 0 aromatic carbocycles. The normalized spacial score (nSPS) is 12.9. The van der Waals surface area contributed by atoms with Crippen LogP contribution in [0.1, 0.15) is 194 Å². The van der Waals surface area contributed by atoms with Gasteiger partial charge < -0.3 is 24.4 Å². The van der Waals surface area contributed by atoms with Crippen LogP contribution in [0.25, 0.3) is 0 Å². The van der Waals surface area contributed by atoms with Crippen molar-refractivity contribution in [2.45, 2.75) is 200 Å². The van der Waals surface area contributed by atoms with Gasteiger partial charge >= 0.3 is 25.7 Å². The summed E-state index contributed by atoms with van der Waals surface area (Å²) >= 11 is 0. The zero-order valence-corrected chi connectivity index (χ0v) is 34.6. The molecular formula is C40H76NO11P. The van der Waals surface area contributed by atoms with Crippen LogP contribution in [0, 0.1) is 0 Å². The molecule has 0 saturated carbocycles. The van der Waals surface area contributed by atoms with E-state index in [1.165, 1.54) is 110 Å². The molecule has 0 aromatic rings. The van der Waals surface area contributed by atoms with E-state index in [1.54, 1.807) is 0 Å². The van der Waals surface area contributed by atoms with Crippen molar-refractivity contribution in [2.75, 3.05) is 33.0 Å². The van der Waals surface area contributed by atoms with Crippen LogP contribution in [0.15, 0.2) is 0 Å². The zero-order chi connectivity index (χ0) is 39.3. The summed E-state index contributed by atoms with van der Waals surface area (Å²) in [6.45, 7) is 4.39. The lowest BCUT2D eigenvalue weighted by Crippen LogP contribution is -2.30. The predicted molar refractivity (Wildman–Crippen MR) is 208 cm³/mol. The van der Waals surface area contributed by atoms with Crippen molar-refractivity contribution >= 4 is 31.6 Å². The van der Waals surface area contributed by atoms with Gasteiger partial charge in [-0.2, -0.15) is 0 Å². The third-order valence-electron chi connectivity index (χ3n) is 8.93. The molecule has 0 spiro atoms. The van der Waals surface area contributed by atoms with Crippen molar-refractivity contribution in [3.05, 3.63) is 0 Å². The monoisotopic (exact) mass is 778 g/mol. The van der Waals surface area contributed by atoms with E-state index in [4.69, 9.17) is 23.3 Å².